The molecule has 1 aromatic heterocycles. The number of amides is 1. The van der Waals surface area contributed by atoms with Gasteiger partial charge in [-0.05, 0) is 66.6 Å². The largest absolute Gasteiger partial charge is 0.441 e. The number of nitrogens with one attached hydrogen (secondary N) is 1. The standard InChI is InChI=1S/C30H24F3NO3S/c1-17(22-9-12-24(31)25(32)15-22)37-29(36)34-26-16-27(33)38-28(26)21-5-3-19(4-6-21)20-7-10-23(11-8-20)30(13-14-30)18(2)35/h3-12,15-17H,13-14H2,1-2H3,(H,34,36)/t17-/m1/s1. The molecule has 1 aliphatic carbocycles. The fourth-order valence-electron chi connectivity index (χ4n) is 4.57. The molecule has 5 rings (SSSR count). The van der Waals surface area contributed by atoms with Gasteiger partial charge < -0.3 is 4.74 Å². The van der Waals surface area contributed by atoms with Crippen LogP contribution in [0.2, 0.25) is 0 Å². The Morgan fingerprint density at radius 3 is 2.05 bits per heavy atom. The first kappa shape index (κ1) is 25.7. The molecular formula is C30H24F3NO3S. The van der Waals surface area contributed by atoms with E-state index in [0.717, 1.165) is 53.0 Å². The number of carbonyl (C=O) groups excluding carboxylic acids is 2. The summed E-state index contributed by atoms with van der Waals surface area (Å²) in [7, 11) is 0. The SMILES string of the molecule is CC(=O)C1(c2ccc(-c3ccc(-c4sc(F)cc4NC(=O)O[C@H](C)c4ccc(F)c(F)c4)cc3)cc2)CC1. The van der Waals surface area contributed by atoms with Crippen molar-refractivity contribution in [3.63, 3.8) is 0 Å². The van der Waals surface area contributed by atoms with Crippen molar-refractivity contribution >= 4 is 28.9 Å². The van der Waals surface area contributed by atoms with Crippen LogP contribution in [0.25, 0.3) is 21.6 Å². The normalized spacial score (nSPS) is 14.6. The van der Waals surface area contributed by atoms with Crippen LogP contribution in [-0.4, -0.2) is 11.9 Å². The van der Waals surface area contributed by atoms with Crippen LogP contribution >= 0.6 is 11.3 Å². The Morgan fingerprint density at radius 2 is 1.47 bits per heavy atom. The van der Waals surface area contributed by atoms with E-state index in [4.69, 9.17) is 4.74 Å². The lowest BCUT2D eigenvalue weighted by molar-refractivity contribution is -0.119. The zero-order chi connectivity index (χ0) is 27.0. The summed E-state index contributed by atoms with van der Waals surface area (Å²) in [6.45, 7) is 3.17. The number of hydrogen-bond acceptors (Lipinski definition) is 4. The molecule has 0 radical (unpaired) electrons. The number of ether oxygens (including phenoxy) is 1. The van der Waals surface area contributed by atoms with E-state index < -0.39 is 29.0 Å². The molecule has 1 amide bonds. The van der Waals surface area contributed by atoms with E-state index in [2.05, 4.69) is 5.32 Å². The van der Waals surface area contributed by atoms with Crippen LogP contribution in [0.4, 0.5) is 23.7 Å². The highest BCUT2D eigenvalue weighted by atomic mass is 32.1. The van der Waals surface area contributed by atoms with E-state index >= 15 is 0 Å². The maximum Gasteiger partial charge on any atom is 0.412 e. The number of thiophene rings is 1. The Morgan fingerprint density at radius 1 is 0.868 bits per heavy atom. The van der Waals surface area contributed by atoms with Gasteiger partial charge in [-0.2, -0.15) is 4.39 Å². The van der Waals surface area contributed by atoms with Crippen LogP contribution in [0.3, 0.4) is 0 Å². The van der Waals surface area contributed by atoms with Gasteiger partial charge in [0.2, 0.25) is 0 Å². The molecule has 0 spiro atoms. The molecule has 0 unspecified atom stereocenters. The van der Waals surface area contributed by atoms with Crippen LogP contribution in [0.15, 0.2) is 72.8 Å². The van der Waals surface area contributed by atoms with E-state index in [-0.39, 0.29) is 22.4 Å². The number of ketones is 1. The third kappa shape index (κ3) is 5.09. The topological polar surface area (TPSA) is 55.4 Å². The molecule has 1 N–H and O–H groups in total. The van der Waals surface area contributed by atoms with Crippen molar-refractivity contribution in [2.45, 2.75) is 38.2 Å². The lowest BCUT2D eigenvalue weighted by Crippen LogP contribution is -2.16. The van der Waals surface area contributed by atoms with Gasteiger partial charge in [0, 0.05) is 6.07 Å². The summed E-state index contributed by atoms with van der Waals surface area (Å²) < 4.78 is 46.2. The van der Waals surface area contributed by atoms with Gasteiger partial charge in [-0.1, -0.05) is 54.6 Å². The second kappa shape index (κ2) is 10.1. The van der Waals surface area contributed by atoms with Crippen LogP contribution in [0.1, 0.15) is 43.9 Å². The molecule has 4 aromatic rings. The van der Waals surface area contributed by atoms with Gasteiger partial charge in [0.1, 0.15) is 11.9 Å². The number of hydrogen-bond donors (Lipinski definition) is 1. The second-order valence-corrected chi connectivity index (χ2v) is 10.4. The molecule has 0 bridgehead atoms. The molecule has 194 valence electrons. The molecule has 38 heavy (non-hydrogen) atoms. The number of rotatable bonds is 7. The Hall–Kier alpha value is -3.91. The minimum absolute atomic E-state index is 0.199. The molecular weight excluding hydrogens is 511 g/mol. The van der Waals surface area contributed by atoms with Gasteiger partial charge in [-0.15, -0.1) is 11.3 Å². The Kier molecular flexibility index (Phi) is 6.84. The molecule has 1 fully saturated rings. The molecule has 3 aromatic carbocycles. The van der Waals surface area contributed by atoms with Gasteiger partial charge in [0.15, 0.2) is 16.8 Å². The number of anilines is 1. The van der Waals surface area contributed by atoms with Crippen LogP contribution in [0.5, 0.6) is 0 Å². The van der Waals surface area contributed by atoms with Crippen molar-refractivity contribution in [1.29, 1.82) is 0 Å². The van der Waals surface area contributed by atoms with Crippen molar-refractivity contribution in [2.75, 3.05) is 5.32 Å². The monoisotopic (exact) mass is 535 g/mol. The second-order valence-electron chi connectivity index (χ2n) is 9.43. The third-order valence-electron chi connectivity index (χ3n) is 6.98. The number of halogens is 3. The summed E-state index contributed by atoms with van der Waals surface area (Å²) in [6.07, 6.45) is 0.0767. The summed E-state index contributed by atoms with van der Waals surface area (Å²) in [6, 6.07) is 20.0. The lowest BCUT2D eigenvalue weighted by atomic mass is 9.90. The Labute approximate surface area is 222 Å². The van der Waals surface area contributed by atoms with Crippen molar-refractivity contribution < 1.29 is 27.5 Å². The van der Waals surface area contributed by atoms with Crippen LogP contribution in [-0.2, 0) is 14.9 Å². The maximum absolute atomic E-state index is 14.2. The van der Waals surface area contributed by atoms with Crippen molar-refractivity contribution in [1.82, 2.24) is 0 Å². The molecule has 0 aliphatic heterocycles. The van der Waals surface area contributed by atoms with Gasteiger partial charge in [0.25, 0.3) is 0 Å². The average molecular weight is 536 g/mol. The van der Waals surface area contributed by atoms with E-state index in [1.54, 1.807) is 6.92 Å². The minimum atomic E-state index is -1.04. The first-order chi connectivity index (χ1) is 18.2. The fourth-order valence-corrected chi connectivity index (χ4v) is 5.41. The summed E-state index contributed by atoms with van der Waals surface area (Å²) in [4.78, 5) is 25.0. The van der Waals surface area contributed by atoms with Crippen LogP contribution in [0, 0.1) is 16.8 Å². The molecule has 1 aliphatic rings. The quantitative estimate of drug-likeness (QED) is 0.258. The molecule has 8 heteroatoms. The zero-order valence-electron chi connectivity index (χ0n) is 20.7. The summed E-state index contributed by atoms with van der Waals surface area (Å²) >= 11 is 0.884. The molecule has 1 saturated carbocycles. The van der Waals surface area contributed by atoms with E-state index in [9.17, 15) is 22.8 Å². The predicted octanol–water partition coefficient (Wildman–Crippen LogP) is 8.43. The smallest absolute Gasteiger partial charge is 0.412 e. The fraction of sp³-hybridized carbons (Fsp3) is 0.200. The molecule has 1 atom stereocenters. The molecule has 1 heterocycles. The summed E-state index contributed by atoms with van der Waals surface area (Å²) in [5.41, 5.74) is 3.91. The Bertz CT molecular complexity index is 1510. The van der Waals surface area contributed by atoms with Crippen molar-refractivity contribution in [3.05, 3.63) is 101 Å². The highest BCUT2D eigenvalue weighted by Crippen LogP contribution is 2.49. The molecule has 4 nitrogen and oxygen atoms in total. The molecule has 0 saturated heterocycles. The predicted molar refractivity (Wildman–Crippen MR) is 142 cm³/mol. The highest BCUT2D eigenvalue weighted by Gasteiger charge is 2.48. The number of carbonyl (C=O) groups is 2. The lowest BCUT2D eigenvalue weighted by Gasteiger charge is -2.15. The number of Topliss-reactive ketones (excluding diaryl/α,β-unsaturated/α-hetero) is 1. The average Bonchev–Trinajstić information content (AvgIpc) is 3.64. The van der Waals surface area contributed by atoms with Crippen molar-refractivity contribution in [3.8, 4) is 21.6 Å². The van der Waals surface area contributed by atoms with Gasteiger partial charge >= 0.3 is 6.09 Å². The highest BCUT2D eigenvalue weighted by molar-refractivity contribution is 7.14. The Balaban J connectivity index is 1.29. The van der Waals surface area contributed by atoms with E-state index in [1.165, 1.54) is 19.1 Å². The third-order valence-corrected chi connectivity index (χ3v) is 7.95. The van der Waals surface area contributed by atoms with Gasteiger partial charge in [-0.3, -0.25) is 10.1 Å². The van der Waals surface area contributed by atoms with Gasteiger partial charge in [0.05, 0.1) is 16.0 Å². The first-order valence-corrected chi connectivity index (χ1v) is 12.9. The zero-order valence-corrected chi connectivity index (χ0v) is 21.5. The van der Waals surface area contributed by atoms with E-state index in [1.807, 2.05) is 48.5 Å². The summed E-state index contributed by atoms with van der Waals surface area (Å²) in [5, 5.41) is 2.07. The number of benzene rings is 3. The minimum Gasteiger partial charge on any atom is -0.441 e. The summed E-state index contributed by atoms with van der Waals surface area (Å²) in [5.74, 6) is -1.83. The van der Waals surface area contributed by atoms with E-state index in [0.29, 0.717) is 10.4 Å². The van der Waals surface area contributed by atoms with Crippen molar-refractivity contribution in [2.24, 2.45) is 0 Å². The van der Waals surface area contributed by atoms with Crippen LogP contribution < -0.4 is 5.32 Å². The maximum atomic E-state index is 14.2. The first-order valence-electron chi connectivity index (χ1n) is 12.1. The van der Waals surface area contributed by atoms with Gasteiger partial charge in [-0.25, -0.2) is 13.6 Å².